The van der Waals surface area contributed by atoms with Gasteiger partial charge in [0.25, 0.3) is 0 Å². The van der Waals surface area contributed by atoms with Crippen LogP contribution in [0.1, 0.15) is 70.8 Å². The molecule has 1 aliphatic rings. The number of nitrogens with zero attached hydrogens (tertiary/aromatic N) is 5. The summed E-state index contributed by atoms with van der Waals surface area (Å²) < 4.78 is 12.7. The van der Waals surface area contributed by atoms with Gasteiger partial charge in [-0.2, -0.15) is 9.97 Å². The molecule has 11 nitrogen and oxygen atoms in total. The number of H-pyrrole nitrogens is 1. The molecule has 0 amide bonds. The van der Waals surface area contributed by atoms with E-state index in [0.717, 1.165) is 57.4 Å². The van der Waals surface area contributed by atoms with Crippen molar-refractivity contribution in [3.8, 4) is 11.8 Å². The van der Waals surface area contributed by atoms with Gasteiger partial charge in [-0.1, -0.05) is 38.8 Å². The smallest absolute Gasteiger partial charge is 0.327 e. The average molecular weight is 568 g/mol. The first-order valence-corrected chi connectivity index (χ1v) is 15.1. The molecule has 0 bridgehead atoms. The van der Waals surface area contributed by atoms with Gasteiger partial charge in [0.15, 0.2) is 11.5 Å². The second kappa shape index (κ2) is 15.5. The summed E-state index contributed by atoms with van der Waals surface area (Å²) in [5.41, 5.74) is 7.85. The second-order valence-corrected chi connectivity index (χ2v) is 10.7. The molecule has 41 heavy (non-hydrogen) atoms. The predicted molar refractivity (Wildman–Crippen MR) is 160 cm³/mol. The normalized spacial score (nSPS) is 14.1. The summed E-state index contributed by atoms with van der Waals surface area (Å²) in [6.07, 6.45) is 7.93. The van der Waals surface area contributed by atoms with Crippen LogP contribution in [-0.2, 0) is 17.9 Å². The Labute approximate surface area is 242 Å². The Morgan fingerprint density at radius 2 is 1.85 bits per heavy atom. The maximum Gasteiger partial charge on any atom is 0.327 e. The number of imidazole rings is 1. The highest BCUT2D eigenvalue weighted by molar-refractivity contribution is 5.81. The molecule has 3 N–H and O–H groups in total. The molecule has 0 saturated carbocycles. The quantitative estimate of drug-likeness (QED) is 0.150. The van der Waals surface area contributed by atoms with Crippen molar-refractivity contribution >= 4 is 23.0 Å². The van der Waals surface area contributed by atoms with E-state index in [0.29, 0.717) is 36.5 Å². The van der Waals surface area contributed by atoms with Gasteiger partial charge in [0.2, 0.25) is 0 Å². The number of anilines is 1. The number of aryl methyl sites for hydroxylation is 1. The number of likely N-dealkylation sites (tertiary alicyclic amines) is 1. The van der Waals surface area contributed by atoms with Crippen molar-refractivity contribution in [2.45, 2.75) is 78.3 Å². The molecular formula is C30H45N7O4. The minimum atomic E-state index is -0.256. The molecule has 0 unspecified atom stereocenters. The van der Waals surface area contributed by atoms with Gasteiger partial charge >= 0.3 is 17.7 Å². The highest BCUT2D eigenvalue weighted by Crippen LogP contribution is 2.19. The van der Waals surface area contributed by atoms with Gasteiger partial charge in [-0.25, -0.2) is 4.79 Å². The minimum Gasteiger partial charge on any atom is -0.463 e. The number of aromatic nitrogens is 4. The number of nitrogens with one attached hydrogen (secondary N) is 1. The van der Waals surface area contributed by atoms with E-state index in [9.17, 15) is 9.59 Å². The van der Waals surface area contributed by atoms with E-state index in [-0.39, 0.29) is 23.5 Å². The monoisotopic (exact) mass is 567 g/mol. The molecule has 0 radical (unpaired) electrons. The Balaban J connectivity index is 1.43. The molecule has 0 aliphatic carbocycles. The highest BCUT2D eigenvalue weighted by Gasteiger charge is 2.16. The van der Waals surface area contributed by atoms with Crippen molar-refractivity contribution in [3.63, 3.8) is 0 Å². The zero-order valence-electron chi connectivity index (χ0n) is 24.6. The van der Waals surface area contributed by atoms with E-state index in [2.05, 4.69) is 37.7 Å². The standard InChI is InChI=1S/C30H45N7O4/c1-3-5-20-40-29-33-27(31)26-28(34-29)37(30(39)32-26)19-11-18-36(17-10-16-35-14-7-6-8-15-35)22-23-12-9-13-24(21-23)41-25(38)4-2/h9,12-13,21H,3-8,10-11,14-20,22H2,1-2H3,(H,32,39)(H2,31,33,34). The van der Waals surface area contributed by atoms with Crippen molar-refractivity contribution < 1.29 is 14.3 Å². The predicted octanol–water partition coefficient (Wildman–Crippen LogP) is 3.96. The largest absolute Gasteiger partial charge is 0.463 e. The number of piperidine rings is 1. The Kier molecular flexibility index (Phi) is 11.6. The van der Waals surface area contributed by atoms with Gasteiger partial charge in [-0.3, -0.25) is 14.3 Å². The lowest BCUT2D eigenvalue weighted by atomic mass is 10.1. The first-order chi connectivity index (χ1) is 20.0. The molecule has 1 fully saturated rings. The van der Waals surface area contributed by atoms with Crippen LogP contribution >= 0.6 is 0 Å². The first-order valence-electron chi connectivity index (χ1n) is 15.1. The van der Waals surface area contributed by atoms with Crippen LogP contribution in [0.4, 0.5) is 5.82 Å². The topological polar surface area (TPSA) is 132 Å². The number of fused-ring (bicyclic) bond motifs is 1. The number of aromatic amines is 1. The molecule has 0 atom stereocenters. The summed E-state index contributed by atoms with van der Waals surface area (Å²) in [5.74, 6) is 0.538. The summed E-state index contributed by atoms with van der Waals surface area (Å²) >= 11 is 0. The third kappa shape index (κ3) is 9.02. The van der Waals surface area contributed by atoms with Crippen molar-refractivity contribution in [2.24, 2.45) is 0 Å². The highest BCUT2D eigenvalue weighted by atomic mass is 16.5. The number of esters is 1. The molecule has 11 heteroatoms. The van der Waals surface area contributed by atoms with Gasteiger partial charge in [0.1, 0.15) is 11.3 Å². The lowest BCUT2D eigenvalue weighted by molar-refractivity contribution is -0.134. The molecule has 1 aliphatic heterocycles. The van der Waals surface area contributed by atoms with Crippen LogP contribution in [0.3, 0.4) is 0 Å². The Hall–Kier alpha value is -3.44. The van der Waals surface area contributed by atoms with Crippen LogP contribution in [-0.4, -0.2) is 74.6 Å². The number of hydrogen-bond acceptors (Lipinski definition) is 9. The van der Waals surface area contributed by atoms with E-state index in [1.165, 1.54) is 32.4 Å². The third-order valence-corrected chi connectivity index (χ3v) is 7.44. The van der Waals surface area contributed by atoms with Crippen LogP contribution < -0.4 is 20.9 Å². The van der Waals surface area contributed by atoms with E-state index >= 15 is 0 Å². The molecule has 3 heterocycles. The molecule has 3 aromatic rings. The van der Waals surface area contributed by atoms with E-state index in [1.54, 1.807) is 11.5 Å². The molecule has 1 saturated heterocycles. The first kappa shape index (κ1) is 30.5. The van der Waals surface area contributed by atoms with Gasteiger partial charge < -0.3 is 25.1 Å². The lowest BCUT2D eigenvalue weighted by Crippen LogP contribution is -2.34. The van der Waals surface area contributed by atoms with Crippen LogP contribution in [0.25, 0.3) is 11.2 Å². The fraction of sp³-hybridized carbons (Fsp3) is 0.600. The summed E-state index contributed by atoms with van der Waals surface area (Å²) in [6, 6.07) is 7.93. The molecule has 224 valence electrons. The lowest BCUT2D eigenvalue weighted by Gasteiger charge is -2.28. The number of benzene rings is 1. The molecule has 4 rings (SSSR count). The number of hydrogen-bond donors (Lipinski definition) is 2. The fourth-order valence-electron chi connectivity index (χ4n) is 5.20. The number of ether oxygens (including phenoxy) is 2. The van der Waals surface area contributed by atoms with Crippen molar-refractivity contribution in [2.75, 3.05) is 45.1 Å². The number of rotatable bonds is 16. The Morgan fingerprint density at radius 1 is 1.07 bits per heavy atom. The maximum absolute atomic E-state index is 12.8. The summed E-state index contributed by atoms with van der Waals surface area (Å²) in [4.78, 5) is 41.1. The van der Waals surface area contributed by atoms with Crippen molar-refractivity contribution in [1.29, 1.82) is 0 Å². The Morgan fingerprint density at radius 3 is 2.61 bits per heavy atom. The molecule has 2 aromatic heterocycles. The molecule has 1 aromatic carbocycles. The summed E-state index contributed by atoms with van der Waals surface area (Å²) in [6.45, 7) is 10.8. The second-order valence-electron chi connectivity index (χ2n) is 10.7. The SMILES string of the molecule is CCCCOc1nc(N)c2[nH]c(=O)n(CCCN(CCCN3CCCCC3)Cc3cccc(OC(=O)CC)c3)c2n1. The van der Waals surface area contributed by atoms with Gasteiger partial charge in [0.05, 0.1) is 6.61 Å². The summed E-state index contributed by atoms with van der Waals surface area (Å²) in [5, 5.41) is 0. The van der Waals surface area contributed by atoms with Crippen LogP contribution in [0.15, 0.2) is 29.1 Å². The van der Waals surface area contributed by atoms with Gasteiger partial charge in [-0.05, 0) is 76.0 Å². The maximum atomic E-state index is 12.8. The van der Waals surface area contributed by atoms with Crippen molar-refractivity contribution in [1.82, 2.24) is 29.3 Å². The minimum absolute atomic E-state index is 0.194. The third-order valence-electron chi connectivity index (χ3n) is 7.44. The number of nitrogens with two attached hydrogens (primary N) is 1. The van der Waals surface area contributed by atoms with Crippen LogP contribution in [0.2, 0.25) is 0 Å². The summed E-state index contributed by atoms with van der Waals surface area (Å²) in [7, 11) is 0. The van der Waals surface area contributed by atoms with Gasteiger partial charge in [0, 0.05) is 26.1 Å². The fourth-order valence-corrected chi connectivity index (χ4v) is 5.20. The van der Waals surface area contributed by atoms with Crippen LogP contribution in [0.5, 0.6) is 11.8 Å². The zero-order chi connectivity index (χ0) is 29.0. The zero-order valence-corrected chi connectivity index (χ0v) is 24.6. The van der Waals surface area contributed by atoms with E-state index < -0.39 is 0 Å². The molecule has 0 spiro atoms. The number of carbonyl (C=O) groups excluding carboxylic acids is 1. The number of unbranched alkanes of at least 4 members (excludes halogenated alkanes) is 1. The van der Waals surface area contributed by atoms with Gasteiger partial charge in [-0.15, -0.1) is 0 Å². The molecular weight excluding hydrogens is 522 g/mol. The number of nitrogen functional groups attached to an aromatic ring is 1. The average Bonchev–Trinajstić information content (AvgIpc) is 3.29. The number of carbonyl (C=O) groups is 1. The van der Waals surface area contributed by atoms with E-state index in [1.807, 2.05) is 18.2 Å². The van der Waals surface area contributed by atoms with Crippen molar-refractivity contribution in [3.05, 3.63) is 40.3 Å². The van der Waals surface area contributed by atoms with Crippen LogP contribution in [0, 0.1) is 0 Å². The van der Waals surface area contributed by atoms with E-state index in [4.69, 9.17) is 15.2 Å². The Bertz CT molecular complexity index is 1320.